The van der Waals surface area contributed by atoms with Crippen LogP contribution in [0.5, 0.6) is 0 Å². The van der Waals surface area contributed by atoms with Gasteiger partial charge in [0, 0.05) is 32.4 Å². The minimum atomic E-state index is -0.968. The summed E-state index contributed by atoms with van der Waals surface area (Å²) < 4.78 is 1.42. The molecule has 1 aromatic heterocycles. The van der Waals surface area contributed by atoms with Gasteiger partial charge in [-0.05, 0) is 19.2 Å². The van der Waals surface area contributed by atoms with Crippen molar-refractivity contribution in [2.45, 2.75) is 6.54 Å². The van der Waals surface area contributed by atoms with Crippen LogP contribution in [0.1, 0.15) is 10.5 Å². The van der Waals surface area contributed by atoms with Gasteiger partial charge in [-0.2, -0.15) is 0 Å². The fourth-order valence-electron chi connectivity index (χ4n) is 2.02. The topological polar surface area (TPSA) is 77.8 Å². The zero-order chi connectivity index (χ0) is 13.8. The van der Waals surface area contributed by atoms with Crippen LogP contribution in [0, 0.1) is 0 Å². The molecule has 0 aromatic carbocycles. The molecule has 0 atom stereocenters. The lowest BCUT2D eigenvalue weighted by Crippen LogP contribution is -2.52. The highest BCUT2D eigenvalue weighted by molar-refractivity contribution is 5.92. The molecule has 0 unspecified atom stereocenters. The zero-order valence-corrected chi connectivity index (χ0v) is 10.9. The van der Waals surface area contributed by atoms with Crippen molar-refractivity contribution in [3.05, 3.63) is 24.0 Å². The van der Waals surface area contributed by atoms with Crippen LogP contribution in [0.2, 0.25) is 0 Å². The first kappa shape index (κ1) is 13.6. The van der Waals surface area contributed by atoms with E-state index in [1.165, 1.54) is 4.57 Å². The number of amides is 1. The third-order valence-electron chi connectivity index (χ3n) is 3.13. The molecule has 0 aliphatic carbocycles. The Morgan fingerprint density at radius 1 is 1.32 bits per heavy atom. The number of likely N-dealkylation sites (N-methyl/N-ethyl adjacent to an activating group) is 1. The van der Waals surface area contributed by atoms with E-state index in [1.807, 2.05) is 12.1 Å². The average Bonchev–Trinajstić information content (AvgIpc) is 2.79. The van der Waals surface area contributed by atoms with Crippen LogP contribution in [0.25, 0.3) is 0 Å². The Bertz CT molecular complexity index is 463. The lowest BCUT2D eigenvalue weighted by molar-refractivity contribution is -0.137. The molecule has 1 saturated heterocycles. The third-order valence-corrected chi connectivity index (χ3v) is 3.13. The number of hydrogen-bond donors (Lipinski definition) is 2. The third kappa shape index (κ3) is 3.55. The van der Waals surface area contributed by atoms with Crippen molar-refractivity contribution in [2.75, 3.05) is 33.2 Å². The summed E-state index contributed by atoms with van der Waals surface area (Å²) in [5, 5.41) is 10.6. The Balaban J connectivity index is 1.96. The van der Waals surface area contributed by atoms with Gasteiger partial charge < -0.3 is 14.6 Å². The SMILES string of the molecule is CN1CCN(NC(=O)c2cccn2CC(=O)O)CC1. The fraction of sp³-hybridized carbons (Fsp3) is 0.500. The van der Waals surface area contributed by atoms with Crippen LogP contribution in [0.15, 0.2) is 18.3 Å². The molecule has 0 radical (unpaired) electrons. The lowest BCUT2D eigenvalue weighted by Gasteiger charge is -2.32. The van der Waals surface area contributed by atoms with Crippen molar-refractivity contribution in [2.24, 2.45) is 0 Å². The normalized spacial score (nSPS) is 17.3. The molecule has 1 amide bonds. The number of aliphatic carboxylic acids is 1. The van der Waals surface area contributed by atoms with Gasteiger partial charge in [-0.3, -0.25) is 15.0 Å². The van der Waals surface area contributed by atoms with Crippen LogP contribution in [-0.4, -0.2) is 64.7 Å². The van der Waals surface area contributed by atoms with E-state index in [9.17, 15) is 9.59 Å². The number of nitrogens with zero attached hydrogens (tertiary/aromatic N) is 3. The van der Waals surface area contributed by atoms with Gasteiger partial charge in [-0.1, -0.05) is 0 Å². The molecule has 0 bridgehead atoms. The van der Waals surface area contributed by atoms with Gasteiger partial charge in [-0.15, -0.1) is 0 Å². The van der Waals surface area contributed by atoms with Crippen molar-refractivity contribution in [3.63, 3.8) is 0 Å². The fourth-order valence-corrected chi connectivity index (χ4v) is 2.02. The maximum atomic E-state index is 12.1. The Morgan fingerprint density at radius 3 is 2.63 bits per heavy atom. The van der Waals surface area contributed by atoms with E-state index in [0.29, 0.717) is 5.69 Å². The van der Waals surface area contributed by atoms with Crippen molar-refractivity contribution in [1.29, 1.82) is 0 Å². The van der Waals surface area contributed by atoms with Gasteiger partial charge in [0.05, 0.1) is 0 Å². The second kappa shape index (κ2) is 5.85. The molecule has 1 aliphatic rings. The number of nitrogens with one attached hydrogen (secondary N) is 1. The molecule has 7 nitrogen and oxygen atoms in total. The van der Waals surface area contributed by atoms with Crippen molar-refractivity contribution in [3.8, 4) is 0 Å². The summed E-state index contributed by atoms with van der Waals surface area (Å²) in [5.74, 6) is -1.24. The summed E-state index contributed by atoms with van der Waals surface area (Å²) in [6, 6.07) is 3.29. The Labute approximate surface area is 111 Å². The molecule has 1 fully saturated rings. The number of piperazine rings is 1. The summed E-state index contributed by atoms with van der Waals surface area (Å²) in [5.41, 5.74) is 3.17. The number of rotatable bonds is 4. The predicted octanol–water partition coefficient (Wildman–Crippen LogP) is -0.535. The van der Waals surface area contributed by atoms with Gasteiger partial charge in [-0.25, -0.2) is 5.01 Å². The molecule has 19 heavy (non-hydrogen) atoms. The summed E-state index contributed by atoms with van der Waals surface area (Å²) in [7, 11) is 2.04. The van der Waals surface area contributed by atoms with Crippen LogP contribution in [0.3, 0.4) is 0 Å². The molecule has 0 spiro atoms. The Hall–Kier alpha value is -1.86. The molecule has 104 valence electrons. The predicted molar refractivity (Wildman–Crippen MR) is 68.6 cm³/mol. The van der Waals surface area contributed by atoms with Gasteiger partial charge in [0.2, 0.25) is 0 Å². The minimum Gasteiger partial charge on any atom is -0.480 e. The second-order valence-electron chi connectivity index (χ2n) is 4.65. The number of hydrogen-bond acceptors (Lipinski definition) is 4. The van der Waals surface area contributed by atoms with Gasteiger partial charge >= 0.3 is 5.97 Å². The molecule has 2 N–H and O–H groups in total. The quantitative estimate of drug-likeness (QED) is 0.765. The number of hydrazine groups is 1. The lowest BCUT2D eigenvalue weighted by atomic mass is 10.3. The number of carbonyl (C=O) groups is 2. The van der Waals surface area contributed by atoms with Crippen LogP contribution < -0.4 is 5.43 Å². The summed E-state index contributed by atoms with van der Waals surface area (Å²) >= 11 is 0. The summed E-state index contributed by atoms with van der Waals surface area (Å²) in [6.45, 7) is 3.12. The molecule has 1 aromatic rings. The Morgan fingerprint density at radius 2 is 2.00 bits per heavy atom. The maximum Gasteiger partial charge on any atom is 0.323 e. The first-order chi connectivity index (χ1) is 9.06. The smallest absolute Gasteiger partial charge is 0.323 e. The number of carboxylic acids is 1. The van der Waals surface area contributed by atoms with Gasteiger partial charge in [0.1, 0.15) is 12.2 Å². The molecule has 2 heterocycles. The largest absolute Gasteiger partial charge is 0.480 e. The maximum absolute atomic E-state index is 12.1. The number of carboxylic acid groups (broad SMARTS) is 1. The zero-order valence-electron chi connectivity index (χ0n) is 10.9. The van der Waals surface area contributed by atoms with E-state index in [-0.39, 0.29) is 12.5 Å². The average molecular weight is 266 g/mol. The van der Waals surface area contributed by atoms with Crippen molar-refractivity contribution >= 4 is 11.9 Å². The van der Waals surface area contributed by atoms with Crippen molar-refractivity contribution in [1.82, 2.24) is 19.9 Å². The molecule has 0 saturated carbocycles. The van der Waals surface area contributed by atoms with E-state index in [2.05, 4.69) is 10.3 Å². The first-order valence-corrected chi connectivity index (χ1v) is 6.17. The highest BCUT2D eigenvalue weighted by Gasteiger charge is 2.18. The number of aromatic nitrogens is 1. The summed E-state index contributed by atoms with van der Waals surface area (Å²) in [6.07, 6.45) is 1.59. The molecule has 7 heteroatoms. The van der Waals surface area contributed by atoms with E-state index in [1.54, 1.807) is 18.3 Å². The number of carbonyl (C=O) groups excluding carboxylic acids is 1. The molecular weight excluding hydrogens is 248 g/mol. The summed E-state index contributed by atoms with van der Waals surface area (Å²) in [4.78, 5) is 25.0. The molecule has 1 aliphatic heterocycles. The van der Waals surface area contributed by atoms with Crippen LogP contribution in [0.4, 0.5) is 0 Å². The standard InChI is InChI=1S/C12H18N4O3/c1-14-5-7-16(8-6-14)13-12(19)10-3-2-4-15(10)9-11(17)18/h2-4H,5-9H2,1H3,(H,13,19)(H,17,18). The van der Waals surface area contributed by atoms with Crippen LogP contribution >= 0.6 is 0 Å². The van der Waals surface area contributed by atoms with E-state index in [0.717, 1.165) is 26.2 Å². The molecule has 2 rings (SSSR count). The van der Waals surface area contributed by atoms with Crippen molar-refractivity contribution < 1.29 is 14.7 Å². The minimum absolute atomic E-state index is 0.210. The van der Waals surface area contributed by atoms with Gasteiger partial charge in [0.25, 0.3) is 5.91 Å². The molecular formula is C12H18N4O3. The highest BCUT2D eigenvalue weighted by atomic mass is 16.4. The van der Waals surface area contributed by atoms with E-state index >= 15 is 0 Å². The van der Waals surface area contributed by atoms with E-state index in [4.69, 9.17) is 5.11 Å². The monoisotopic (exact) mass is 266 g/mol. The second-order valence-corrected chi connectivity index (χ2v) is 4.65. The highest BCUT2D eigenvalue weighted by Crippen LogP contribution is 2.04. The first-order valence-electron chi connectivity index (χ1n) is 6.17. The van der Waals surface area contributed by atoms with Crippen LogP contribution in [-0.2, 0) is 11.3 Å². The van der Waals surface area contributed by atoms with E-state index < -0.39 is 5.97 Å². The Kier molecular flexibility index (Phi) is 4.18. The van der Waals surface area contributed by atoms with Gasteiger partial charge in [0.15, 0.2) is 0 Å².